The van der Waals surface area contributed by atoms with Crippen LogP contribution >= 0.6 is 11.6 Å². The molecule has 0 bridgehead atoms. The predicted octanol–water partition coefficient (Wildman–Crippen LogP) is 3.70. The van der Waals surface area contributed by atoms with E-state index in [1.54, 1.807) is 18.7 Å². The van der Waals surface area contributed by atoms with Crippen molar-refractivity contribution in [2.24, 2.45) is 7.05 Å². The molecular weight excluding hydrogens is 427 g/mol. The molecule has 2 amide bonds. The number of ether oxygens (including phenoxy) is 1. The molecule has 0 radical (unpaired) electrons. The van der Waals surface area contributed by atoms with Gasteiger partial charge < -0.3 is 19.5 Å². The number of benzene rings is 1. The maximum absolute atomic E-state index is 13.4. The topological polar surface area (TPSA) is 105 Å². The minimum absolute atomic E-state index is 0.0129. The molecule has 9 nitrogen and oxygen atoms in total. The summed E-state index contributed by atoms with van der Waals surface area (Å²) in [7, 11) is 3.42. The summed E-state index contributed by atoms with van der Waals surface area (Å²) < 4.78 is 20.3. The number of halogens is 2. The molecule has 2 heterocycles. The second-order valence-electron chi connectivity index (χ2n) is 7.28. The molecule has 0 saturated heterocycles. The lowest BCUT2D eigenvalue weighted by atomic mass is 9.88. The maximum atomic E-state index is 13.4. The Morgan fingerprint density at radius 3 is 2.94 bits per heavy atom. The predicted molar refractivity (Wildman–Crippen MR) is 111 cm³/mol. The van der Waals surface area contributed by atoms with E-state index in [4.69, 9.17) is 16.3 Å². The highest BCUT2D eigenvalue weighted by atomic mass is 35.5. The van der Waals surface area contributed by atoms with Crippen LogP contribution in [-0.4, -0.2) is 43.7 Å². The number of carbonyl (C=O) groups excluding carboxylic acids is 2. The molecule has 0 spiro atoms. The van der Waals surface area contributed by atoms with Gasteiger partial charge in [0.1, 0.15) is 17.8 Å². The Morgan fingerprint density at radius 1 is 1.42 bits per heavy atom. The zero-order valence-corrected chi connectivity index (χ0v) is 17.6. The fourth-order valence-corrected chi connectivity index (χ4v) is 4.05. The van der Waals surface area contributed by atoms with Crippen LogP contribution in [0.1, 0.15) is 40.5 Å². The van der Waals surface area contributed by atoms with Crippen molar-refractivity contribution in [3.05, 3.63) is 58.4 Å². The first kappa shape index (κ1) is 20.9. The number of aryl methyl sites for hydroxylation is 1. The first-order valence-electron chi connectivity index (χ1n) is 9.59. The summed E-state index contributed by atoms with van der Waals surface area (Å²) in [4.78, 5) is 30.8. The van der Waals surface area contributed by atoms with Gasteiger partial charge in [0.2, 0.25) is 0 Å². The van der Waals surface area contributed by atoms with Crippen LogP contribution in [0.2, 0.25) is 5.02 Å². The van der Waals surface area contributed by atoms with Gasteiger partial charge in [-0.2, -0.15) is 10.1 Å². The number of hydrogen-bond acceptors (Lipinski definition) is 5. The largest absolute Gasteiger partial charge is 0.417 e. The third-order valence-corrected chi connectivity index (χ3v) is 5.60. The van der Waals surface area contributed by atoms with E-state index in [1.165, 1.54) is 29.4 Å². The number of H-pyrrole nitrogens is 1. The van der Waals surface area contributed by atoms with E-state index in [2.05, 4.69) is 20.5 Å². The SMILES string of the molecule is CN(C(=O)Oc1ncn[nH]1)C1CCCc2c1cn(C)c2C(=O)Nc1ccc(F)c(Cl)c1. The molecule has 2 N–H and O–H groups in total. The molecule has 4 rings (SSSR count). The number of hydrogen-bond donors (Lipinski definition) is 2. The van der Waals surface area contributed by atoms with Crippen LogP contribution in [0.3, 0.4) is 0 Å². The smallest absolute Gasteiger partial charge is 0.374 e. The molecule has 1 atom stereocenters. The highest BCUT2D eigenvalue weighted by Gasteiger charge is 2.33. The molecule has 11 heteroatoms. The monoisotopic (exact) mass is 446 g/mol. The summed E-state index contributed by atoms with van der Waals surface area (Å²) in [6.07, 6.45) is 4.75. The molecule has 1 aromatic carbocycles. The number of fused-ring (bicyclic) bond motifs is 1. The number of anilines is 1. The van der Waals surface area contributed by atoms with Crippen molar-refractivity contribution in [3.63, 3.8) is 0 Å². The van der Waals surface area contributed by atoms with E-state index in [9.17, 15) is 14.0 Å². The van der Waals surface area contributed by atoms with Crippen LogP contribution < -0.4 is 10.1 Å². The van der Waals surface area contributed by atoms with Crippen molar-refractivity contribution < 1.29 is 18.7 Å². The van der Waals surface area contributed by atoms with Gasteiger partial charge in [0, 0.05) is 26.0 Å². The Kier molecular flexibility index (Phi) is 5.64. The molecule has 0 saturated carbocycles. The number of aromatic amines is 1. The number of nitrogens with zero attached hydrogens (tertiary/aromatic N) is 4. The third kappa shape index (κ3) is 4.11. The summed E-state index contributed by atoms with van der Waals surface area (Å²) in [5.41, 5.74) is 2.63. The van der Waals surface area contributed by atoms with Gasteiger partial charge in [0.25, 0.3) is 5.91 Å². The number of aromatic nitrogens is 4. The lowest BCUT2D eigenvalue weighted by Crippen LogP contribution is -2.35. The van der Waals surface area contributed by atoms with E-state index >= 15 is 0 Å². The summed E-state index contributed by atoms with van der Waals surface area (Å²) in [6, 6.07) is 3.76. The minimum Gasteiger partial charge on any atom is -0.374 e. The van der Waals surface area contributed by atoms with Crippen molar-refractivity contribution in [3.8, 4) is 6.01 Å². The molecule has 2 aromatic heterocycles. The number of amides is 2. The molecule has 0 fully saturated rings. The van der Waals surface area contributed by atoms with Gasteiger partial charge >= 0.3 is 12.1 Å². The molecule has 3 aromatic rings. The van der Waals surface area contributed by atoms with Gasteiger partial charge in [0.15, 0.2) is 0 Å². The van der Waals surface area contributed by atoms with Crippen molar-refractivity contribution in [2.75, 3.05) is 12.4 Å². The Morgan fingerprint density at radius 2 is 2.23 bits per heavy atom. The second kappa shape index (κ2) is 8.38. The Hall–Kier alpha value is -3.40. The average Bonchev–Trinajstić information content (AvgIpc) is 3.36. The summed E-state index contributed by atoms with van der Waals surface area (Å²) in [5.74, 6) is -0.891. The van der Waals surface area contributed by atoms with Crippen LogP contribution in [0.25, 0.3) is 0 Å². The highest BCUT2D eigenvalue weighted by Crippen LogP contribution is 2.37. The van der Waals surface area contributed by atoms with Crippen molar-refractivity contribution in [1.29, 1.82) is 0 Å². The Bertz CT molecular complexity index is 1130. The van der Waals surface area contributed by atoms with E-state index in [0.717, 1.165) is 24.0 Å². The summed E-state index contributed by atoms with van der Waals surface area (Å²) >= 11 is 5.81. The maximum Gasteiger partial charge on any atom is 0.417 e. The summed E-state index contributed by atoms with van der Waals surface area (Å²) in [5, 5.41) is 8.83. The zero-order valence-electron chi connectivity index (χ0n) is 16.9. The number of rotatable bonds is 4. The lowest BCUT2D eigenvalue weighted by Gasteiger charge is -2.30. The van der Waals surface area contributed by atoms with Crippen LogP contribution in [-0.2, 0) is 13.5 Å². The highest BCUT2D eigenvalue weighted by molar-refractivity contribution is 6.31. The van der Waals surface area contributed by atoms with Gasteiger partial charge in [-0.15, -0.1) is 0 Å². The summed E-state index contributed by atoms with van der Waals surface area (Å²) in [6.45, 7) is 0. The first-order valence-corrected chi connectivity index (χ1v) is 9.97. The molecule has 1 unspecified atom stereocenters. The number of carbonyl (C=O) groups is 2. The van der Waals surface area contributed by atoms with Crippen molar-refractivity contribution in [1.82, 2.24) is 24.6 Å². The van der Waals surface area contributed by atoms with Crippen LogP contribution in [0.4, 0.5) is 14.9 Å². The van der Waals surface area contributed by atoms with Crippen molar-refractivity contribution >= 4 is 29.3 Å². The average molecular weight is 447 g/mol. The van der Waals surface area contributed by atoms with Gasteiger partial charge in [-0.1, -0.05) is 11.6 Å². The fraction of sp³-hybridized carbons (Fsp3) is 0.300. The molecule has 0 aliphatic heterocycles. The third-order valence-electron chi connectivity index (χ3n) is 5.31. The van der Waals surface area contributed by atoms with Crippen LogP contribution in [0, 0.1) is 5.82 Å². The van der Waals surface area contributed by atoms with Crippen molar-refractivity contribution in [2.45, 2.75) is 25.3 Å². The Balaban J connectivity index is 1.57. The zero-order chi connectivity index (χ0) is 22.1. The lowest BCUT2D eigenvalue weighted by molar-refractivity contribution is 0.101. The van der Waals surface area contributed by atoms with Gasteiger partial charge in [-0.3, -0.25) is 4.79 Å². The van der Waals surface area contributed by atoms with E-state index in [0.29, 0.717) is 17.8 Å². The standard InChI is InChI=1S/C20H20ClFN6O3/c1-27-9-13-12(17(27)18(29)25-11-6-7-15(22)14(21)8-11)4-3-5-16(13)28(2)20(30)31-19-23-10-24-26-19/h6-10,16H,3-5H2,1-2H3,(H,25,29)(H,23,24,26). The minimum atomic E-state index is -0.578. The van der Waals surface area contributed by atoms with E-state index in [1.807, 2.05) is 6.20 Å². The number of nitrogens with one attached hydrogen (secondary N) is 2. The van der Waals surface area contributed by atoms with E-state index in [-0.39, 0.29) is 23.0 Å². The second-order valence-corrected chi connectivity index (χ2v) is 7.69. The van der Waals surface area contributed by atoms with Crippen LogP contribution in [0.5, 0.6) is 6.01 Å². The molecule has 31 heavy (non-hydrogen) atoms. The molecule has 1 aliphatic carbocycles. The van der Waals surface area contributed by atoms with E-state index < -0.39 is 11.9 Å². The quantitative estimate of drug-likeness (QED) is 0.635. The Labute approximate surface area is 182 Å². The molecular formula is C20H20ClFN6O3. The molecule has 1 aliphatic rings. The first-order chi connectivity index (χ1) is 14.8. The van der Waals surface area contributed by atoms with Gasteiger partial charge in [-0.25, -0.2) is 14.3 Å². The fourth-order valence-electron chi connectivity index (χ4n) is 3.87. The van der Waals surface area contributed by atoms with Gasteiger partial charge in [-0.05, 0) is 48.6 Å². The van der Waals surface area contributed by atoms with Gasteiger partial charge in [0.05, 0.1) is 11.1 Å². The molecule has 162 valence electrons. The van der Waals surface area contributed by atoms with Crippen LogP contribution in [0.15, 0.2) is 30.7 Å². The normalized spacial score (nSPS) is 15.3.